The second kappa shape index (κ2) is 21.9. The summed E-state index contributed by atoms with van der Waals surface area (Å²) in [5.74, 6) is -2.30. The zero-order valence-corrected chi connectivity index (χ0v) is 41.1. The number of rotatable bonds is 15. The minimum atomic E-state index is -0.954. The number of aryl methyl sites for hydroxylation is 1. The van der Waals surface area contributed by atoms with Crippen LogP contribution in [0.15, 0.2) is 66.7 Å². The lowest BCUT2D eigenvalue weighted by atomic mass is 9.85. The lowest BCUT2D eigenvalue weighted by Gasteiger charge is -2.37. The van der Waals surface area contributed by atoms with Crippen molar-refractivity contribution in [3.05, 3.63) is 100 Å². The molecule has 3 aromatic carbocycles. The molecule has 1 aliphatic carbocycles. The molecule has 0 unspecified atom stereocenters. The minimum Gasteiger partial charge on any atom is -0.347 e. The van der Waals surface area contributed by atoms with Crippen molar-refractivity contribution in [2.75, 3.05) is 38.5 Å². The van der Waals surface area contributed by atoms with Crippen molar-refractivity contribution in [3.63, 3.8) is 0 Å². The van der Waals surface area contributed by atoms with Crippen LogP contribution in [0.1, 0.15) is 124 Å². The largest absolute Gasteiger partial charge is 0.347 e. The Bertz CT molecular complexity index is 2360. The fraction of sp³-hybridized carbons (Fsp3) is 0.519. The molecule has 68 heavy (non-hydrogen) atoms. The van der Waals surface area contributed by atoms with Crippen molar-refractivity contribution in [2.45, 2.75) is 130 Å². The number of anilines is 1. The lowest BCUT2D eigenvalue weighted by molar-refractivity contribution is -0.144. The molecular formula is C52H71N9O7. The summed E-state index contributed by atoms with van der Waals surface area (Å²) in [4.78, 5) is 98.9. The normalized spacial score (nSPS) is 19.3. The minimum absolute atomic E-state index is 0.0473. The molecule has 3 aliphatic rings. The van der Waals surface area contributed by atoms with Crippen molar-refractivity contribution >= 4 is 47.0 Å². The maximum absolute atomic E-state index is 14.5. The van der Waals surface area contributed by atoms with E-state index in [1.54, 1.807) is 43.1 Å². The van der Waals surface area contributed by atoms with E-state index in [1.807, 2.05) is 84.9 Å². The molecule has 0 radical (unpaired) electrons. The van der Waals surface area contributed by atoms with Gasteiger partial charge in [0.15, 0.2) is 0 Å². The fourth-order valence-corrected chi connectivity index (χ4v) is 9.17. The van der Waals surface area contributed by atoms with Crippen molar-refractivity contribution in [1.29, 1.82) is 0 Å². The molecular weight excluding hydrogens is 863 g/mol. The molecule has 366 valence electrons. The number of benzene rings is 3. The van der Waals surface area contributed by atoms with Gasteiger partial charge in [-0.3, -0.25) is 33.6 Å². The van der Waals surface area contributed by atoms with Gasteiger partial charge in [0.1, 0.15) is 18.1 Å². The van der Waals surface area contributed by atoms with Gasteiger partial charge in [-0.1, -0.05) is 78.8 Å². The molecule has 0 spiro atoms. The highest BCUT2D eigenvalue weighted by molar-refractivity contribution is 6.05. The highest BCUT2D eigenvalue weighted by atomic mass is 16.2. The van der Waals surface area contributed by atoms with Crippen LogP contribution in [0.5, 0.6) is 0 Å². The van der Waals surface area contributed by atoms with Crippen molar-refractivity contribution in [2.24, 2.45) is 10.8 Å². The van der Waals surface area contributed by atoms with Crippen molar-refractivity contribution < 1.29 is 33.6 Å². The molecule has 0 saturated carbocycles. The summed E-state index contributed by atoms with van der Waals surface area (Å²) < 4.78 is 0. The van der Waals surface area contributed by atoms with Crippen molar-refractivity contribution in [1.82, 2.24) is 41.7 Å². The SMILES string of the molecule is CCNCC(=O)N[C@H](C(=O)N1CCc2ccc(NC(=O)c3ccc(C(=O)N[C@H]4C[C@@H](C(=O)N[C@@H]5CCCc6ccccc65)N(C(=O)[C@@H](NC(=O)[C@H](C)NC)C(C)(C)C)C4)cc3)cc2C1)C(C)(C)C. The number of amides is 7. The molecule has 2 aliphatic heterocycles. The first-order chi connectivity index (χ1) is 32.2. The first kappa shape index (κ1) is 51.3. The molecule has 6 atom stereocenters. The Morgan fingerprint density at radius 2 is 1.41 bits per heavy atom. The molecule has 7 N–H and O–H groups in total. The summed E-state index contributed by atoms with van der Waals surface area (Å²) in [6, 6.07) is 16.0. The van der Waals surface area contributed by atoms with Gasteiger partial charge in [0.2, 0.25) is 29.5 Å². The smallest absolute Gasteiger partial charge is 0.255 e. The number of carbonyl (C=O) groups excluding carboxylic acids is 7. The van der Waals surface area contributed by atoms with E-state index < -0.39 is 52.9 Å². The van der Waals surface area contributed by atoms with Crippen LogP contribution in [-0.4, -0.2) is 115 Å². The number of hydrogen-bond acceptors (Lipinski definition) is 9. The second-order valence-electron chi connectivity index (χ2n) is 20.6. The molecule has 0 bridgehead atoms. The zero-order valence-electron chi connectivity index (χ0n) is 41.1. The summed E-state index contributed by atoms with van der Waals surface area (Å²) in [6.45, 7) is 16.6. The number of fused-ring (bicyclic) bond motifs is 2. The topological polar surface area (TPSA) is 210 Å². The summed E-state index contributed by atoms with van der Waals surface area (Å²) in [5, 5.41) is 20.9. The van der Waals surface area contributed by atoms with Gasteiger partial charge in [-0.05, 0) is 122 Å². The Hall–Kier alpha value is -6.13. The van der Waals surface area contributed by atoms with E-state index >= 15 is 0 Å². The first-order valence-electron chi connectivity index (χ1n) is 24.0. The number of likely N-dealkylation sites (N-methyl/N-ethyl adjacent to an activating group) is 2. The van der Waals surface area contributed by atoms with E-state index in [0.717, 1.165) is 36.0 Å². The first-order valence-corrected chi connectivity index (χ1v) is 24.0. The average Bonchev–Trinajstić information content (AvgIpc) is 3.74. The van der Waals surface area contributed by atoms with Crippen LogP contribution in [0.25, 0.3) is 0 Å². The van der Waals surface area contributed by atoms with Gasteiger partial charge in [-0.15, -0.1) is 0 Å². The molecule has 3 aromatic rings. The summed E-state index contributed by atoms with van der Waals surface area (Å²) in [5.41, 5.74) is 4.14. The van der Waals surface area contributed by atoms with Crippen LogP contribution in [-0.2, 0) is 43.4 Å². The fourth-order valence-electron chi connectivity index (χ4n) is 9.17. The number of carbonyl (C=O) groups is 7. The van der Waals surface area contributed by atoms with Crippen LogP contribution in [0.3, 0.4) is 0 Å². The molecule has 1 fully saturated rings. The predicted octanol–water partition coefficient (Wildman–Crippen LogP) is 4.00. The van der Waals surface area contributed by atoms with Crippen LogP contribution >= 0.6 is 0 Å². The van der Waals surface area contributed by atoms with Crippen LogP contribution in [0, 0.1) is 10.8 Å². The molecule has 1 saturated heterocycles. The van der Waals surface area contributed by atoms with Crippen LogP contribution in [0.2, 0.25) is 0 Å². The van der Waals surface area contributed by atoms with E-state index in [-0.39, 0.29) is 60.7 Å². The standard InChI is InChI=1S/C52H71N9O7/c1-10-54-28-42(62)58-43(51(3,4)5)49(67)60-25-24-32-22-23-37(26-36(32)29-60)55-46(64)34-18-20-35(21-19-34)47(65)56-38-27-41(48(66)57-40-17-13-15-33-14-11-12-16-39(33)40)61(30-38)50(68)44(52(6,7)8)59-45(63)31(2)53-9/h11-12,14,16,18-23,26,31,38,40-41,43-44,53-54H,10,13,15,17,24-25,27-30H2,1-9H3,(H,55,64)(H,56,65)(H,57,66)(H,58,62)(H,59,63)/t31-,38-,40+,41-,43+,44+/m0/s1. The average molecular weight is 934 g/mol. The third kappa shape index (κ3) is 12.5. The molecule has 0 aromatic heterocycles. The Morgan fingerprint density at radius 1 is 0.750 bits per heavy atom. The lowest BCUT2D eigenvalue weighted by Crippen LogP contribution is -2.59. The predicted molar refractivity (Wildman–Crippen MR) is 261 cm³/mol. The van der Waals surface area contributed by atoms with Gasteiger partial charge in [-0.2, -0.15) is 0 Å². The van der Waals surface area contributed by atoms with Gasteiger partial charge in [0, 0.05) is 42.5 Å². The Balaban J connectivity index is 1.12. The zero-order chi connectivity index (χ0) is 49.5. The van der Waals surface area contributed by atoms with Gasteiger partial charge < -0.3 is 47.0 Å². The summed E-state index contributed by atoms with van der Waals surface area (Å²) in [7, 11) is 1.66. The van der Waals surface area contributed by atoms with E-state index in [4.69, 9.17) is 0 Å². The molecule has 16 nitrogen and oxygen atoms in total. The Kier molecular flexibility index (Phi) is 16.5. The van der Waals surface area contributed by atoms with Gasteiger partial charge in [0.25, 0.3) is 11.8 Å². The Labute approximate surface area is 400 Å². The van der Waals surface area contributed by atoms with E-state index in [0.29, 0.717) is 37.3 Å². The summed E-state index contributed by atoms with van der Waals surface area (Å²) in [6.07, 6.45) is 3.38. The molecule has 6 rings (SSSR count). The van der Waals surface area contributed by atoms with Gasteiger partial charge in [0.05, 0.1) is 18.6 Å². The Morgan fingerprint density at radius 3 is 2.07 bits per heavy atom. The van der Waals surface area contributed by atoms with E-state index in [2.05, 4.69) is 43.3 Å². The van der Waals surface area contributed by atoms with Gasteiger partial charge in [-0.25, -0.2) is 0 Å². The molecule has 7 amide bonds. The number of nitrogens with one attached hydrogen (secondary N) is 7. The maximum Gasteiger partial charge on any atom is 0.255 e. The van der Waals surface area contributed by atoms with E-state index in [9.17, 15) is 33.6 Å². The summed E-state index contributed by atoms with van der Waals surface area (Å²) >= 11 is 0. The maximum atomic E-state index is 14.5. The molecule has 16 heteroatoms. The number of likely N-dealkylation sites (tertiary alicyclic amines) is 1. The van der Waals surface area contributed by atoms with Crippen molar-refractivity contribution in [3.8, 4) is 0 Å². The number of hydrogen-bond donors (Lipinski definition) is 7. The van der Waals surface area contributed by atoms with Gasteiger partial charge >= 0.3 is 0 Å². The highest BCUT2D eigenvalue weighted by Gasteiger charge is 2.46. The molecule has 2 heterocycles. The second-order valence-corrected chi connectivity index (χ2v) is 20.6. The third-order valence-corrected chi connectivity index (χ3v) is 13.3. The van der Waals surface area contributed by atoms with E-state index in [1.165, 1.54) is 10.5 Å². The van der Waals surface area contributed by atoms with Crippen LogP contribution in [0.4, 0.5) is 5.69 Å². The highest BCUT2D eigenvalue weighted by Crippen LogP contribution is 2.32. The monoisotopic (exact) mass is 934 g/mol. The number of nitrogens with zero attached hydrogens (tertiary/aromatic N) is 2. The third-order valence-electron chi connectivity index (χ3n) is 13.3. The quantitative estimate of drug-likeness (QED) is 0.117. The van der Waals surface area contributed by atoms with Crippen LogP contribution < -0.4 is 37.2 Å².